The van der Waals surface area contributed by atoms with Gasteiger partial charge in [-0.2, -0.15) is 5.10 Å². The molecule has 0 aliphatic heterocycles. The second-order valence-electron chi connectivity index (χ2n) is 3.65. The minimum Gasteiger partial charge on any atom is -0.507 e. The van der Waals surface area contributed by atoms with Crippen LogP contribution in [0, 0.1) is 0 Å². The molecule has 2 rings (SSSR count). The molecule has 86 valence electrons. The summed E-state index contributed by atoms with van der Waals surface area (Å²) >= 11 is 0. The molecule has 0 aliphatic rings. The number of nitrogens with zero attached hydrogens (tertiary/aromatic N) is 1. The summed E-state index contributed by atoms with van der Waals surface area (Å²) in [6.45, 7) is 1.38. The number of aromatic hydroxyl groups is 1. The third kappa shape index (κ3) is 2.42. The maximum Gasteiger partial charge on any atom is 0.236 e. The fraction of sp³-hybridized carbons (Fsp3) is 0.0769. The standard InChI is InChI=1S/C13H12N2O2/c1-9(16)15-14-8-12-11-5-3-2-4-10(11)6-7-13(12)17/h2-8,17H,1H3,(H,15,16)/b14-8+. The fourth-order valence-electron chi connectivity index (χ4n) is 1.61. The number of hydrogen-bond donors (Lipinski definition) is 2. The number of phenols is 1. The van der Waals surface area contributed by atoms with E-state index in [1.54, 1.807) is 6.07 Å². The third-order valence-corrected chi connectivity index (χ3v) is 2.36. The highest BCUT2D eigenvalue weighted by molar-refractivity contribution is 6.02. The minimum atomic E-state index is -0.249. The van der Waals surface area contributed by atoms with Crippen LogP contribution in [0.4, 0.5) is 0 Å². The van der Waals surface area contributed by atoms with E-state index in [2.05, 4.69) is 10.5 Å². The van der Waals surface area contributed by atoms with E-state index >= 15 is 0 Å². The summed E-state index contributed by atoms with van der Waals surface area (Å²) in [6.07, 6.45) is 1.44. The van der Waals surface area contributed by atoms with Crippen molar-refractivity contribution in [3.8, 4) is 5.75 Å². The van der Waals surface area contributed by atoms with Gasteiger partial charge in [0.25, 0.3) is 0 Å². The van der Waals surface area contributed by atoms with Crippen LogP contribution in [0.25, 0.3) is 10.8 Å². The Morgan fingerprint density at radius 1 is 1.29 bits per heavy atom. The van der Waals surface area contributed by atoms with Gasteiger partial charge in [0.05, 0.1) is 6.21 Å². The Balaban J connectivity index is 2.47. The number of fused-ring (bicyclic) bond motifs is 1. The number of rotatable bonds is 2. The zero-order valence-electron chi connectivity index (χ0n) is 9.34. The molecule has 4 nitrogen and oxygen atoms in total. The Morgan fingerprint density at radius 2 is 2.06 bits per heavy atom. The van der Waals surface area contributed by atoms with Crippen LogP contribution in [0.1, 0.15) is 12.5 Å². The molecule has 0 bridgehead atoms. The van der Waals surface area contributed by atoms with E-state index in [0.717, 1.165) is 10.8 Å². The molecule has 0 saturated heterocycles. The first kappa shape index (κ1) is 11.1. The molecule has 4 heteroatoms. The molecule has 0 saturated carbocycles. The van der Waals surface area contributed by atoms with E-state index in [1.807, 2.05) is 30.3 Å². The number of nitrogens with one attached hydrogen (secondary N) is 1. The van der Waals surface area contributed by atoms with Crippen molar-refractivity contribution in [3.05, 3.63) is 42.0 Å². The maximum absolute atomic E-state index is 10.7. The number of phenolic OH excluding ortho intramolecular Hbond substituents is 1. The van der Waals surface area contributed by atoms with Crippen LogP contribution in [-0.2, 0) is 4.79 Å². The molecule has 0 radical (unpaired) electrons. The Hall–Kier alpha value is -2.36. The molecular formula is C13H12N2O2. The number of carbonyl (C=O) groups is 1. The lowest BCUT2D eigenvalue weighted by atomic mass is 10.0. The Bertz CT molecular complexity index is 591. The van der Waals surface area contributed by atoms with Crippen molar-refractivity contribution in [1.29, 1.82) is 0 Å². The zero-order chi connectivity index (χ0) is 12.3. The van der Waals surface area contributed by atoms with Gasteiger partial charge in [-0.3, -0.25) is 4.79 Å². The topological polar surface area (TPSA) is 61.7 Å². The lowest BCUT2D eigenvalue weighted by molar-refractivity contribution is -0.118. The highest BCUT2D eigenvalue weighted by atomic mass is 16.3. The second kappa shape index (κ2) is 4.65. The summed E-state index contributed by atoms with van der Waals surface area (Å²) in [5.74, 6) is -0.112. The van der Waals surface area contributed by atoms with Crippen LogP contribution in [0.5, 0.6) is 5.75 Å². The van der Waals surface area contributed by atoms with Gasteiger partial charge in [-0.05, 0) is 16.8 Å². The van der Waals surface area contributed by atoms with Crippen molar-refractivity contribution < 1.29 is 9.90 Å². The first-order valence-electron chi connectivity index (χ1n) is 5.19. The summed E-state index contributed by atoms with van der Waals surface area (Å²) in [7, 11) is 0. The molecule has 1 amide bonds. The highest BCUT2D eigenvalue weighted by Crippen LogP contribution is 2.25. The van der Waals surface area contributed by atoms with Gasteiger partial charge in [-0.25, -0.2) is 5.43 Å². The van der Waals surface area contributed by atoms with Gasteiger partial charge in [0.15, 0.2) is 0 Å². The van der Waals surface area contributed by atoms with Crippen LogP contribution >= 0.6 is 0 Å². The van der Waals surface area contributed by atoms with Gasteiger partial charge in [-0.1, -0.05) is 30.3 Å². The van der Waals surface area contributed by atoms with Crippen LogP contribution < -0.4 is 5.43 Å². The van der Waals surface area contributed by atoms with E-state index in [1.165, 1.54) is 13.1 Å². The third-order valence-electron chi connectivity index (χ3n) is 2.36. The molecule has 2 aromatic carbocycles. The second-order valence-corrected chi connectivity index (χ2v) is 3.65. The normalized spacial score (nSPS) is 10.9. The summed E-state index contributed by atoms with van der Waals surface area (Å²) in [5.41, 5.74) is 2.90. The summed E-state index contributed by atoms with van der Waals surface area (Å²) in [4.78, 5) is 10.7. The van der Waals surface area contributed by atoms with Gasteiger partial charge < -0.3 is 5.11 Å². The van der Waals surface area contributed by atoms with E-state index in [4.69, 9.17) is 0 Å². The Morgan fingerprint density at radius 3 is 2.82 bits per heavy atom. The van der Waals surface area contributed by atoms with Crippen LogP contribution in [0.3, 0.4) is 0 Å². The molecule has 0 atom stereocenters. The lowest BCUT2D eigenvalue weighted by Gasteiger charge is -2.04. The van der Waals surface area contributed by atoms with Crippen LogP contribution in [0.2, 0.25) is 0 Å². The van der Waals surface area contributed by atoms with Crippen molar-refractivity contribution in [2.24, 2.45) is 5.10 Å². The molecule has 0 heterocycles. The summed E-state index contributed by atoms with van der Waals surface area (Å²) in [5, 5.41) is 15.4. The van der Waals surface area contributed by atoms with Crippen LogP contribution in [-0.4, -0.2) is 17.2 Å². The molecule has 0 aromatic heterocycles. The first-order chi connectivity index (χ1) is 8.18. The predicted octanol–water partition coefficient (Wildman–Crippen LogP) is 2.02. The maximum atomic E-state index is 10.7. The number of amides is 1. The summed E-state index contributed by atoms with van der Waals surface area (Å²) in [6, 6.07) is 11.1. The van der Waals surface area contributed by atoms with E-state index in [0.29, 0.717) is 5.56 Å². The van der Waals surface area contributed by atoms with Crippen molar-refractivity contribution >= 4 is 22.9 Å². The Labute approximate surface area is 98.6 Å². The van der Waals surface area contributed by atoms with Crippen molar-refractivity contribution in [3.63, 3.8) is 0 Å². The van der Waals surface area contributed by atoms with E-state index in [9.17, 15) is 9.90 Å². The zero-order valence-corrected chi connectivity index (χ0v) is 9.34. The van der Waals surface area contributed by atoms with Gasteiger partial charge in [0.2, 0.25) is 5.91 Å². The number of carbonyl (C=O) groups excluding carboxylic acids is 1. The van der Waals surface area contributed by atoms with Crippen molar-refractivity contribution in [2.75, 3.05) is 0 Å². The van der Waals surface area contributed by atoms with Gasteiger partial charge in [0, 0.05) is 12.5 Å². The molecule has 0 unspecified atom stereocenters. The predicted molar refractivity (Wildman–Crippen MR) is 67.0 cm³/mol. The van der Waals surface area contributed by atoms with E-state index in [-0.39, 0.29) is 11.7 Å². The SMILES string of the molecule is CC(=O)N/N=C/c1c(O)ccc2ccccc12. The molecule has 0 fully saturated rings. The first-order valence-corrected chi connectivity index (χ1v) is 5.19. The summed E-state index contributed by atoms with van der Waals surface area (Å²) < 4.78 is 0. The number of hydrazone groups is 1. The van der Waals surface area contributed by atoms with Crippen molar-refractivity contribution in [1.82, 2.24) is 5.43 Å². The largest absolute Gasteiger partial charge is 0.507 e. The quantitative estimate of drug-likeness (QED) is 0.610. The molecule has 2 N–H and O–H groups in total. The Kier molecular flexibility index (Phi) is 3.05. The average Bonchev–Trinajstić information content (AvgIpc) is 2.32. The number of benzene rings is 2. The minimum absolute atomic E-state index is 0.137. The molecule has 2 aromatic rings. The molecule has 17 heavy (non-hydrogen) atoms. The van der Waals surface area contributed by atoms with Gasteiger partial charge in [-0.15, -0.1) is 0 Å². The lowest BCUT2D eigenvalue weighted by Crippen LogP contribution is -2.12. The molecule has 0 spiro atoms. The fourth-order valence-corrected chi connectivity index (χ4v) is 1.61. The van der Waals surface area contributed by atoms with Gasteiger partial charge in [0.1, 0.15) is 5.75 Å². The monoisotopic (exact) mass is 228 g/mol. The molecular weight excluding hydrogens is 216 g/mol. The number of hydrogen-bond acceptors (Lipinski definition) is 3. The van der Waals surface area contributed by atoms with Gasteiger partial charge >= 0.3 is 0 Å². The van der Waals surface area contributed by atoms with Crippen molar-refractivity contribution in [2.45, 2.75) is 6.92 Å². The smallest absolute Gasteiger partial charge is 0.236 e. The van der Waals surface area contributed by atoms with Crippen LogP contribution in [0.15, 0.2) is 41.5 Å². The highest BCUT2D eigenvalue weighted by Gasteiger charge is 2.03. The average molecular weight is 228 g/mol. The molecule has 0 aliphatic carbocycles. The van der Waals surface area contributed by atoms with E-state index < -0.39 is 0 Å².